The van der Waals surface area contributed by atoms with Gasteiger partial charge in [-0.2, -0.15) is 0 Å². The third-order valence-electron chi connectivity index (χ3n) is 4.49. The molecule has 0 aliphatic carbocycles. The molecule has 3 aromatic carbocycles. The Morgan fingerprint density at radius 2 is 1.72 bits per heavy atom. The zero-order chi connectivity index (χ0) is 23.3. The highest BCUT2D eigenvalue weighted by molar-refractivity contribution is 9.10. The number of carbonyl (C=O) groups is 1. The molecular weight excluding hydrogens is 541 g/mol. The minimum absolute atomic E-state index is 0.0374. The molecule has 0 bridgehead atoms. The van der Waals surface area contributed by atoms with Crippen molar-refractivity contribution in [3.05, 3.63) is 84.8 Å². The van der Waals surface area contributed by atoms with Gasteiger partial charge in [0.05, 0.1) is 17.2 Å². The first kappa shape index (κ1) is 24.5. The fourth-order valence-corrected chi connectivity index (χ4v) is 4.01. The number of nitrogens with one attached hydrogen (secondary N) is 1. The van der Waals surface area contributed by atoms with Gasteiger partial charge >= 0.3 is 5.97 Å². The molecule has 9 heteroatoms. The Morgan fingerprint density at radius 1 is 0.969 bits per heavy atom. The second kappa shape index (κ2) is 11.1. The fraction of sp³-hybridized carbons (Fsp3) is 0.174. The van der Waals surface area contributed by atoms with Gasteiger partial charge in [0, 0.05) is 32.3 Å². The van der Waals surface area contributed by atoms with Gasteiger partial charge in [0.1, 0.15) is 6.61 Å². The van der Waals surface area contributed by atoms with Gasteiger partial charge in [0.2, 0.25) is 0 Å². The normalized spacial score (nSPS) is 10.7. The van der Waals surface area contributed by atoms with E-state index in [0.717, 1.165) is 15.6 Å². The van der Waals surface area contributed by atoms with Crippen LogP contribution in [-0.2, 0) is 13.2 Å². The minimum Gasteiger partial charge on any atom is -0.490 e. The molecule has 0 saturated carbocycles. The maximum Gasteiger partial charge on any atom is 0.337 e. The fourth-order valence-electron chi connectivity index (χ4n) is 2.88. The number of ether oxygens (including phenoxy) is 2. The molecule has 2 N–H and O–H groups in total. The lowest BCUT2D eigenvalue weighted by Crippen LogP contribution is -2.05. The van der Waals surface area contributed by atoms with E-state index >= 15 is 0 Å². The largest absolute Gasteiger partial charge is 0.490 e. The first-order valence-corrected chi connectivity index (χ1v) is 11.5. The Labute approximate surface area is 209 Å². The highest BCUT2D eigenvalue weighted by Gasteiger charge is 2.14. The van der Waals surface area contributed by atoms with Crippen molar-refractivity contribution in [2.75, 3.05) is 11.9 Å². The van der Waals surface area contributed by atoms with E-state index in [0.29, 0.717) is 40.4 Å². The van der Waals surface area contributed by atoms with Crippen molar-refractivity contribution >= 4 is 62.4 Å². The highest BCUT2D eigenvalue weighted by atomic mass is 79.9. The van der Waals surface area contributed by atoms with Crippen LogP contribution in [0.15, 0.2) is 53.0 Å². The summed E-state index contributed by atoms with van der Waals surface area (Å²) in [6.45, 7) is 3.03. The average molecular weight is 560 g/mol. The quantitative estimate of drug-likeness (QED) is 0.281. The first-order valence-electron chi connectivity index (χ1n) is 9.57. The number of carboxylic acid groups (broad SMARTS) is 1. The van der Waals surface area contributed by atoms with Crippen molar-refractivity contribution in [2.24, 2.45) is 0 Å². The number of aromatic carboxylic acids is 1. The van der Waals surface area contributed by atoms with Crippen molar-refractivity contribution in [3.8, 4) is 11.5 Å². The van der Waals surface area contributed by atoms with Crippen molar-refractivity contribution in [2.45, 2.75) is 20.1 Å². The summed E-state index contributed by atoms with van der Waals surface area (Å²) >= 11 is 21.7. The number of benzene rings is 3. The van der Waals surface area contributed by atoms with Crippen LogP contribution < -0.4 is 14.8 Å². The monoisotopic (exact) mass is 557 g/mol. The van der Waals surface area contributed by atoms with Crippen molar-refractivity contribution < 1.29 is 19.4 Å². The predicted octanol–water partition coefficient (Wildman–Crippen LogP) is 7.70. The number of rotatable bonds is 9. The molecule has 3 aromatic rings. The molecule has 0 aliphatic heterocycles. The summed E-state index contributed by atoms with van der Waals surface area (Å²) in [6, 6.07) is 13.7. The van der Waals surface area contributed by atoms with Gasteiger partial charge in [-0.25, -0.2) is 4.79 Å². The summed E-state index contributed by atoms with van der Waals surface area (Å²) in [6.07, 6.45) is 0. The topological polar surface area (TPSA) is 67.8 Å². The molecule has 3 rings (SSSR count). The van der Waals surface area contributed by atoms with Crippen LogP contribution in [0.25, 0.3) is 0 Å². The van der Waals surface area contributed by atoms with Crippen LogP contribution in [-0.4, -0.2) is 17.7 Å². The van der Waals surface area contributed by atoms with E-state index in [9.17, 15) is 9.90 Å². The van der Waals surface area contributed by atoms with Crippen LogP contribution in [0.5, 0.6) is 11.5 Å². The van der Waals surface area contributed by atoms with E-state index in [1.54, 1.807) is 24.3 Å². The Kier molecular flexibility index (Phi) is 8.54. The van der Waals surface area contributed by atoms with Crippen molar-refractivity contribution in [1.82, 2.24) is 0 Å². The Balaban J connectivity index is 1.77. The molecule has 168 valence electrons. The van der Waals surface area contributed by atoms with Crippen molar-refractivity contribution in [1.29, 1.82) is 0 Å². The van der Waals surface area contributed by atoms with Gasteiger partial charge in [-0.15, -0.1) is 0 Å². The van der Waals surface area contributed by atoms with Gasteiger partial charge in [-0.3, -0.25) is 0 Å². The lowest BCUT2D eigenvalue weighted by molar-refractivity contribution is 0.0697. The minimum atomic E-state index is -1.08. The molecule has 0 amide bonds. The summed E-state index contributed by atoms with van der Waals surface area (Å²) < 4.78 is 12.5. The molecule has 0 radical (unpaired) electrons. The molecule has 0 saturated heterocycles. The van der Waals surface area contributed by atoms with Crippen LogP contribution in [0.2, 0.25) is 15.1 Å². The van der Waals surface area contributed by atoms with Crippen LogP contribution >= 0.6 is 50.7 Å². The van der Waals surface area contributed by atoms with Crippen LogP contribution in [0.4, 0.5) is 5.69 Å². The van der Waals surface area contributed by atoms with Gasteiger partial charge in [0.15, 0.2) is 11.5 Å². The van der Waals surface area contributed by atoms with E-state index < -0.39 is 5.97 Å². The van der Waals surface area contributed by atoms with Crippen LogP contribution in [0.1, 0.15) is 28.4 Å². The van der Waals surface area contributed by atoms with Gasteiger partial charge in [-0.1, -0.05) is 56.8 Å². The molecule has 0 aromatic heterocycles. The Bertz CT molecular complexity index is 1140. The number of hydrogen-bond donors (Lipinski definition) is 2. The molecule has 32 heavy (non-hydrogen) atoms. The summed E-state index contributed by atoms with van der Waals surface area (Å²) in [7, 11) is 0. The third-order valence-corrected chi connectivity index (χ3v) is 6.15. The zero-order valence-electron chi connectivity index (χ0n) is 16.9. The SMILES string of the molecule is CCOc1cc(CNc2ccc(Cl)c(C(=O)O)c2)c(Br)cc1OCc1ccc(Cl)cc1Cl. The lowest BCUT2D eigenvalue weighted by Gasteiger charge is -2.16. The maximum absolute atomic E-state index is 11.3. The van der Waals surface area contributed by atoms with E-state index in [1.807, 2.05) is 25.1 Å². The van der Waals surface area contributed by atoms with Crippen LogP contribution in [0, 0.1) is 0 Å². The van der Waals surface area contributed by atoms with Gasteiger partial charge < -0.3 is 19.9 Å². The summed E-state index contributed by atoms with van der Waals surface area (Å²) in [5, 5.41) is 13.7. The number of carboxylic acids is 1. The maximum atomic E-state index is 11.3. The van der Waals surface area contributed by atoms with E-state index in [2.05, 4.69) is 21.2 Å². The molecule has 0 unspecified atom stereocenters. The molecule has 0 atom stereocenters. The smallest absolute Gasteiger partial charge is 0.337 e. The number of hydrogen-bond acceptors (Lipinski definition) is 4. The van der Waals surface area contributed by atoms with Gasteiger partial charge in [0.25, 0.3) is 0 Å². The van der Waals surface area contributed by atoms with E-state index in [-0.39, 0.29) is 17.2 Å². The zero-order valence-corrected chi connectivity index (χ0v) is 20.8. The second-order valence-corrected chi connectivity index (χ2v) is 8.81. The first-order chi connectivity index (χ1) is 15.3. The standard InChI is InChI=1S/C23H19BrCl3NO4/c1-2-31-21-7-14(11-28-16-5-6-19(26)17(9-16)23(29)30)18(24)10-22(21)32-12-13-3-4-15(25)8-20(13)27/h3-10,28H,2,11-12H2,1H3,(H,29,30). The predicted molar refractivity (Wildman–Crippen MR) is 132 cm³/mol. The average Bonchev–Trinajstić information content (AvgIpc) is 2.74. The lowest BCUT2D eigenvalue weighted by atomic mass is 10.1. The third kappa shape index (κ3) is 6.23. The van der Waals surface area contributed by atoms with E-state index in [1.165, 1.54) is 6.07 Å². The molecule has 0 heterocycles. The summed E-state index contributed by atoms with van der Waals surface area (Å²) in [5.74, 6) is 0.0637. The molecule has 0 aliphatic rings. The highest BCUT2D eigenvalue weighted by Crippen LogP contribution is 2.35. The Hall–Kier alpha value is -2.12. The van der Waals surface area contributed by atoms with Crippen LogP contribution in [0.3, 0.4) is 0 Å². The Morgan fingerprint density at radius 3 is 2.41 bits per heavy atom. The van der Waals surface area contributed by atoms with E-state index in [4.69, 9.17) is 44.3 Å². The number of anilines is 1. The summed E-state index contributed by atoms with van der Waals surface area (Å²) in [4.78, 5) is 11.3. The second-order valence-electron chi connectivity index (χ2n) is 6.70. The molecule has 0 fully saturated rings. The van der Waals surface area contributed by atoms with Crippen molar-refractivity contribution in [3.63, 3.8) is 0 Å². The van der Waals surface area contributed by atoms with Gasteiger partial charge in [-0.05, 0) is 55.0 Å². The summed E-state index contributed by atoms with van der Waals surface area (Å²) in [5.41, 5.74) is 2.37. The molecule has 0 spiro atoms. The molecule has 5 nitrogen and oxygen atoms in total. The number of halogens is 4. The molecular formula is C23H19BrCl3NO4.